The molecule has 0 saturated carbocycles. The Hall–Kier alpha value is -11.3. The molecule has 112 heavy (non-hydrogen) atoms. The fourth-order valence-electron chi connectivity index (χ4n) is 10.1. The van der Waals surface area contributed by atoms with Crippen LogP contribution in [-0.4, -0.2) is 102 Å². The number of para-hydroxylation sites is 2. The quantitative estimate of drug-likeness (QED) is 0.0121. The Morgan fingerprint density at radius 3 is 1.27 bits per heavy atom. The molecule has 12 rings (SSSR count). The Labute approximate surface area is 638 Å². The number of aromatic carboxylic acids is 1. The van der Waals surface area contributed by atoms with Crippen molar-refractivity contribution in [1.29, 1.82) is 0 Å². The summed E-state index contributed by atoms with van der Waals surface area (Å²) in [6, 6.07) is 33.4. The van der Waals surface area contributed by atoms with Gasteiger partial charge in [0.15, 0.2) is 23.0 Å². The Kier molecular flexibility index (Phi) is 25.8. The van der Waals surface area contributed by atoms with Crippen molar-refractivity contribution in [3.63, 3.8) is 0 Å². The van der Waals surface area contributed by atoms with E-state index in [1.165, 1.54) is 74.6 Å². The third-order valence-electron chi connectivity index (χ3n) is 14.7. The molecule has 0 aliphatic heterocycles. The molecular formula is C75H56BF12O20S4+. The van der Waals surface area contributed by atoms with E-state index >= 15 is 0 Å². The van der Waals surface area contributed by atoms with Gasteiger partial charge >= 0.3 is 59.7 Å². The number of hydrogen-bond donors (Lipinski definition) is 3. The van der Waals surface area contributed by atoms with Gasteiger partial charge in [-0.2, -0.15) is 21.6 Å². The molecule has 6 aromatic heterocycles. The molecule has 37 heteroatoms. The van der Waals surface area contributed by atoms with E-state index in [1.54, 1.807) is 92.2 Å². The fraction of sp³-hybridized carbons (Fsp3) is 0.200. The second-order valence-corrected chi connectivity index (χ2v) is 29.8. The predicted molar refractivity (Wildman–Crippen MR) is 385 cm³/mol. The van der Waals surface area contributed by atoms with Crippen LogP contribution in [0.4, 0.5) is 52.7 Å². The lowest BCUT2D eigenvalue weighted by Crippen LogP contribution is -2.29. The summed E-state index contributed by atoms with van der Waals surface area (Å²) in [5, 5.41) is 32.7. The maximum absolute atomic E-state index is 13.1. The van der Waals surface area contributed by atoms with Gasteiger partial charge in [-0.1, -0.05) is 72.8 Å². The number of rotatable bonds is 20. The number of halogens is 12. The number of Topliss-reactive ketones (excluding diaryl/α,β-unsaturated/α-hetero) is 3. The molecular weight excluding hydrogens is 1590 g/mol. The van der Waals surface area contributed by atoms with Gasteiger partial charge < -0.3 is 56.3 Å². The Morgan fingerprint density at radius 1 is 0.491 bits per heavy atom. The van der Waals surface area contributed by atoms with Gasteiger partial charge in [0.2, 0.25) is 23.1 Å². The van der Waals surface area contributed by atoms with Crippen LogP contribution in [0.3, 0.4) is 0 Å². The summed E-state index contributed by atoms with van der Waals surface area (Å²) in [5.74, 6) is -5.66. The smallest absolute Gasteiger partial charge is 0.478 e. The van der Waals surface area contributed by atoms with Gasteiger partial charge in [-0.3, -0.25) is 14.4 Å². The molecule has 0 amide bonds. The summed E-state index contributed by atoms with van der Waals surface area (Å²) >= 11 is 2.97. The van der Waals surface area contributed by atoms with Crippen LogP contribution in [0, 0.1) is 6.08 Å². The van der Waals surface area contributed by atoms with Crippen molar-refractivity contribution in [3.05, 3.63) is 228 Å². The van der Waals surface area contributed by atoms with E-state index in [0.717, 1.165) is 63.9 Å². The van der Waals surface area contributed by atoms with E-state index < -0.39 is 106 Å². The van der Waals surface area contributed by atoms with E-state index in [-0.39, 0.29) is 68.9 Å². The zero-order valence-electron chi connectivity index (χ0n) is 58.4. The number of carboxylic acids is 1. The van der Waals surface area contributed by atoms with Gasteiger partial charge in [-0.05, 0) is 130 Å². The molecule has 6 heterocycles. The number of allylic oxidation sites excluding steroid dienone is 2. The standard InChI is InChI=1S/C26H21F3O5S.C22H13F3O5S.C20H16F3O7S2.C7H6BF3O3/c1-25(2,3)34-24(31)23-18(15-8-10-17(11-9-15)33-26(27,28)29)14-35-22(23)13-19(30)21-12-16-6-4-5-7-20(16)32-21;23-22(24,25)30-14-7-5-12(6-8-14)15-11-31-19(20(15)21(27)28)10-16(26)18-9-13-3-1-2-4-17(13)29-18;1-19(2,3)29-18(25)17-15(30-32(26,27)20(21,22)23)10-31-16(17)9-12(24)14-8-11-6-4-5-7-13(11)28-14;9-7(10,11)14-6-3-1-5(2-4-6)8(12)13/h4-12,14H,13H2,1-3H3;1-9,11H,10H2,(H,27,28);5-8,10H,9H2,1-3H3;1-4,12-13H/q;;+1;. The molecule has 0 radical (unpaired) electrons. The molecule has 0 fully saturated rings. The number of hydrogen-bond acceptors (Lipinski definition) is 22. The van der Waals surface area contributed by atoms with Crippen molar-refractivity contribution in [2.24, 2.45) is 0 Å². The summed E-state index contributed by atoms with van der Waals surface area (Å²) in [4.78, 5) is 76.8. The number of benzene rings is 5. The van der Waals surface area contributed by atoms with Crippen LogP contribution in [0.25, 0.3) is 56.3 Å². The largest absolute Gasteiger partial charge is 0.573 e. The third kappa shape index (κ3) is 23.1. The van der Waals surface area contributed by atoms with Crippen molar-refractivity contribution in [3.8, 4) is 45.3 Å². The molecule has 0 saturated heterocycles. The first-order chi connectivity index (χ1) is 52.2. The Balaban J connectivity index is 0.000000178. The van der Waals surface area contributed by atoms with Crippen LogP contribution in [0.2, 0.25) is 0 Å². The number of alkyl halides is 12. The maximum atomic E-state index is 13.1. The lowest BCUT2D eigenvalue weighted by molar-refractivity contribution is -0.275. The third-order valence-corrected chi connectivity index (χ3v) is 18.6. The number of esters is 2. The van der Waals surface area contributed by atoms with Crippen molar-refractivity contribution in [2.45, 2.75) is 96.6 Å². The number of carbonyl (C=O) groups is 6. The minimum atomic E-state index is -6.04. The molecule has 0 atom stereocenters. The van der Waals surface area contributed by atoms with Crippen LogP contribution >= 0.6 is 34.0 Å². The van der Waals surface area contributed by atoms with Crippen LogP contribution < -0.4 is 23.9 Å². The number of carboxylic acid groups (broad SMARTS) is 1. The molecule has 1 aliphatic rings. The van der Waals surface area contributed by atoms with E-state index in [0.29, 0.717) is 65.8 Å². The highest BCUT2D eigenvalue weighted by atomic mass is 32.2. The van der Waals surface area contributed by atoms with Gasteiger partial charge in [0, 0.05) is 67.2 Å². The Bertz CT molecular complexity index is 5340. The van der Waals surface area contributed by atoms with Crippen LogP contribution in [0.15, 0.2) is 175 Å². The van der Waals surface area contributed by atoms with Crippen LogP contribution in [-0.2, 0) is 38.9 Å². The van der Waals surface area contributed by atoms with Crippen molar-refractivity contribution in [1.82, 2.24) is 0 Å². The minimum absolute atomic E-state index is 0.0383. The van der Waals surface area contributed by atoms with Gasteiger partial charge in [0.05, 0.1) is 23.3 Å². The molecule has 20 nitrogen and oxygen atoms in total. The molecule has 1 aliphatic carbocycles. The zero-order valence-corrected chi connectivity index (χ0v) is 61.7. The molecule has 0 spiro atoms. The van der Waals surface area contributed by atoms with Gasteiger partial charge in [0.25, 0.3) is 0 Å². The van der Waals surface area contributed by atoms with E-state index in [2.05, 4.69) is 24.5 Å². The first-order valence-corrected chi connectivity index (χ1v) is 36.1. The second-order valence-electron chi connectivity index (χ2n) is 25.4. The monoisotopic (exact) mass is 1640 g/mol. The van der Waals surface area contributed by atoms with Gasteiger partial charge in [-0.15, -0.1) is 73.5 Å². The van der Waals surface area contributed by atoms with Crippen LogP contribution in [0.5, 0.6) is 23.0 Å². The highest BCUT2D eigenvalue weighted by Gasteiger charge is 2.50. The maximum Gasteiger partial charge on any atom is 0.573 e. The van der Waals surface area contributed by atoms with Gasteiger partial charge in [0.1, 0.15) is 62.9 Å². The first kappa shape index (κ1) is 84.7. The number of ketones is 3. The second kappa shape index (κ2) is 34.1. The number of ether oxygens (including phenoxy) is 5. The first-order valence-electron chi connectivity index (χ1n) is 32.1. The highest BCUT2D eigenvalue weighted by molar-refractivity contribution is 7.88. The topological polar surface area (TPSA) is 292 Å². The zero-order chi connectivity index (χ0) is 82.2. The Morgan fingerprint density at radius 2 is 0.875 bits per heavy atom. The summed E-state index contributed by atoms with van der Waals surface area (Å²) in [7, 11) is -7.74. The van der Waals surface area contributed by atoms with E-state index in [9.17, 15) is 95.0 Å². The number of fused-ring (bicyclic) bond motifs is 3. The summed E-state index contributed by atoms with van der Waals surface area (Å²) in [6.07, 6.45) is -7.50. The molecule has 11 aromatic rings. The average Bonchev–Trinajstić information content (AvgIpc) is 1.69. The lowest BCUT2D eigenvalue weighted by atomic mass is 9.80. The van der Waals surface area contributed by atoms with E-state index in [4.69, 9.17) is 32.8 Å². The predicted octanol–water partition coefficient (Wildman–Crippen LogP) is 18.7. The van der Waals surface area contributed by atoms with Crippen LogP contribution in [0.1, 0.15) is 130 Å². The van der Waals surface area contributed by atoms with Gasteiger partial charge in [-0.25, -0.2) is 14.4 Å². The number of carbonyl (C=O) groups excluding carboxylic acids is 5. The lowest BCUT2D eigenvalue weighted by Gasteiger charge is -2.20. The van der Waals surface area contributed by atoms with Crippen molar-refractivity contribution in [2.75, 3.05) is 0 Å². The highest BCUT2D eigenvalue weighted by Crippen LogP contribution is 2.41. The molecule has 0 unspecified atom stereocenters. The minimum Gasteiger partial charge on any atom is -0.478 e. The molecule has 3 N–H and O–H groups in total. The van der Waals surface area contributed by atoms with Crippen molar-refractivity contribution < 1.29 is 146 Å². The summed E-state index contributed by atoms with van der Waals surface area (Å²) in [5.41, 5.74) is -4.52. The number of furan rings is 3. The van der Waals surface area contributed by atoms with E-state index in [1.807, 2.05) is 18.2 Å². The fourth-order valence-corrected chi connectivity index (χ4v) is 13.6. The normalized spacial score (nSPS) is 12.2. The average molecular weight is 1640 g/mol. The summed E-state index contributed by atoms with van der Waals surface area (Å²) < 4.78 is 214. The molecule has 5 aromatic carbocycles. The summed E-state index contributed by atoms with van der Waals surface area (Å²) in [6.45, 7) is 9.71. The van der Waals surface area contributed by atoms with Crippen molar-refractivity contribution >= 4 is 126 Å². The molecule has 0 bridgehead atoms. The number of thiophene rings is 3. The molecule has 586 valence electrons. The SMILES string of the molecule is CC(C)(C)OC(=O)c1c(-c2ccc(OC(F)(F)F)cc2)csc1CC(=O)c1cc2ccccc2o1.CC(C)(C)OC(=O)c1c(OS(=O)(=O)C(F)(F)F)csc1CC(=O)c1cc2c(o1)C=C[C+]=C2.O=C(Cc1scc(-c2ccc(OC(F)(F)F)cc2)c1C(=O)O)c1cc2ccccc2o1.OB(O)c1ccc(OC(F)(F)F)cc1.